The van der Waals surface area contributed by atoms with E-state index in [0.717, 1.165) is 35.8 Å². The maximum atomic E-state index is 12.8. The van der Waals surface area contributed by atoms with Crippen LogP contribution in [0.4, 0.5) is 0 Å². The van der Waals surface area contributed by atoms with Gasteiger partial charge in [0.25, 0.3) is 5.91 Å². The molecule has 1 amide bonds. The molecule has 0 bridgehead atoms. The third-order valence-electron chi connectivity index (χ3n) is 4.42. The van der Waals surface area contributed by atoms with Crippen LogP contribution in [0, 0.1) is 13.8 Å². The number of rotatable bonds is 6. The second-order valence-electron chi connectivity index (χ2n) is 6.45. The van der Waals surface area contributed by atoms with Crippen LogP contribution >= 0.6 is 0 Å². The molecule has 0 saturated carbocycles. The third-order valence-corrected chi connectivity index (χ3v) is 4.42. The van der Waals surface area contributed by atoms with Crippen molar-refractivity contribution in [3.8, 4) is 5.82 Å². The van der Waals surface area contributed by atoms with Gasteiger partial charge in [0.1, 0.15) is 17.1 Å². The minimum atomic E-state index is -0.109. The smallest absolute Gasteiger partial charge is 0.256 e. The molecule has 6 heteroatoms. The second-order valence-corrected chi connectivity index (χ2v) is 6.45. The fourth-order valence-corrected chi connectivity index (χ4v) is 3.05. The highest BCUT2D eigenvalue weighted by molar-refractivity contribution is 5.97. The summed E-state index contributed by atoms with van der Waals surface area (Å²) < 4.78 is 9.13. The maximum absolute atomic E-state index is 12.8. The van der Waals surface area contributed by atoms with Crippen LogP contribution in [0.15, 0.2) is 41.1 Å². The zero-order chi connectivity index (χ0) is 18.0. The van der Waals surface area contributed by atoms with Gasteiger partial charge in [0.2, 0.25) is 0 Å². The topological polar surface area (TPSA) is 65.0 Å². The van der Waals surface area contributed by atoms with Crippen LogP contribution in [-0.2, 0) is 13.5 Å². The molecule has 0 aliphatic rings. The van der Waals surface area contributed by atoms with Crippen molar-refractivity contribution >= 4 is 5.91 Å². The average Bonchev–Trinajstić information content (AvgIpc) is 3.28. The third kappa shape index (κ3) is 3.52. The average molecular weight is 340 g/mol. The van der Waals surface area contributed by atoms with Crippen LogP contribution in [0.5, 0.6) is 0 Å². The van der Waals surface area contributed by atoms with Crippen molar-refractivity contribution in [2.24, 2.45) is 7.05 Å². The van der Waals surface area contributed by atoms with Crippen molar-refractivity contribution in [2.75, 3.05) is 0 Å². The van der Waals surface area contributed by atoms with Crippen LogP contribution in [0.1, 0.15) is 40.9 Å². The highest BCUT2D eigenvalue weighted by Crippen LogP contribution is 2.20. The molecule has 3 aromatic heterocycles. The molecule has 3 heterocycles. The molecular weight excluding hydrogens is 316 g/mol. The quantitative estimate of drug-likeness (QED) is 0.749. The summed E-state index contributed by atoms with van der Waals surface area (Å²) >= 11 is 0. The van der Waals surface area contributed by atoms with Crippen LogP contribution in [0.25, 0.3) is 5.82 Å². The van der Waals surface area contributed by atoms with Crippen molar-refractivity contribution < 1.29 is 9.21 Å². The van der Waals surface area contributed by atoms with Gasteiger partial charge in [-0.3, -0.25) is 9.48 Å². The molecule has 3 aromatic rings. The van der Waals surface area contributed by atoms with Crippen LogP contribution in [0.2, 0.25) is 0 Å². The van der Waals surface area contributed by atoms with E-state index in [4.69, 9.17) is 4.42 Å². The van der Waals surface area contributed by atoms with Gasteiger partial charge in [-0.25, -0.2) is 0 Å². The first-order chi connectivity index (χ1) is 12.0. The van der Waals surface area contributed by atoms with Crippen LogP contribution in [-0.4, -0.2) is 26.3 Å². The summed E-state index contributed by atoms with van der Waals surface area (Å²) in [6, 6.07) is 7.94. The van der Waals surface area contributed by atoms with Crippen molar-refractivity contribution in [3.05, 3.63) is 59.4 Å². The summed E-state index contributed by atoms with van der Waals surface area (Å²) in [5, 5.41) is 7.36. The predicted molar refractivity (Wildman–Crippen MR) is 96.0 cm³/mol. The lowest BCUT2D eigenvalue weighted by molar-refractivity contribution is 0.0938. The largest absolute Gasteiger partial charge is 0.469 e. The monoisotopic (exact) mass is 340 g/mol. The Bertz CT molecular complexity index is 839. The van der Waals surface area contributed by atoms with Gasteiger partial charge in [-0.1, -0.05) is 0 Å². The molecule has 25 heavy (non-hydrogen) atoms. The number of aromatic nitrogens is 3. The van der Waals surface area contributed by atoms with Gasteiger partial charge in [-0.2, -0.15) is 5.10 Å². The van der Waals surface area contributed by atoms with Crippen molar-refractivity contribution in [3.63, 3.8) is 0 Å². The lowest BCUT2D eigenvalue weighted by Crippen LogP contribution is -2.33. The van der Waals surface area contributed by atoms with Gasteiger partial charge in [-0.15, -0.1) is 0 Å². The fourth-order valence-electron chi connectivity index (χ4n) is 3.05. The Kier molecular flexibility index (Phi) is 4.79. The normalized spacial score (nSPS) is 12.3. The molecule has 0 saturated heterocycles. The second kappa shape index (κ2) is 7.01. The molecule has 0 unspecified atom stereocenters. The summed E-state index contributed by atoms with van der Waals surface area (Å²) in [5.41, 5.74) is 2.72. The van der Waals surface area contributed by atoms with E-state index in [2.05, 4.69) is 15.0 Å². The molecule has 0 aliphatic heterocycles. The zero-order valence-corrected chi connectivity index (χ0v) is 15.1. The Hall–Kier alpha value is -2.76. The van der Waals surface area contributed by atoms with E-state index in [9.17, 15) is 4.79 Å². The lowest BCUT2D eigenvalue weighted by atomic mass is 10.1. The van der Waals surface area contributed by atoms with Gasteiger partial charge in [0.05, 0.1) is 12.5 Å². The van der Waals surface area contributed by atoms with Crippen LogP contribution in [0.3, 0.4) is 0 Å². The number of hydrogen-bond donors (Lipinski definition) is 1. The Balaban J connectivity index is 1.75. The Morgan fingerprint density at radius 2 is 2.00 bits per heavy atom. The van der Waals surface area contributed by atoms with Gasteiger partial charge >= 0.3 is 0 Å². The zero-order valence-electron chi connectivity index (χ0n) is 15.1. The van der Waals surface area contributed by atoms with Crippen molar-refractivity contribution in [1.82, 2.24) is 19.7 Å². The highest BCUT2D eigenvalue weighted by Gasteiger charge is 2.21. The van der Waals surface area contributed by atoms with Crippen molar-refractivity contribution in [1.29, 1.82) is 0 Å². The SMILES string of the molecule is Cc1ccc(C)n1-c1c(C(=O)N[C@H](C)CCc2ccco2)cnn1C. The Labute approximate surface area is 147 Å². The summed E-state index contributed by atoms with van der Waals surface area (Å²) in [6.45, 7) is 6.05. The highest BCUT2D eigenvalue weighted by atomic mass is 16.3. The molecule has 0 aliphatic carbocycles. The number of nitrogens with zero attached hydrogens (tertiary/aromatic N) is 3. The van der Waals surface area contributed by atoms with E-state index in [0.29, 0.717) is 5.56 Å². The number of nitrogens with one attached hydrogen (secondary N) is 1. The number of amides is 1. The molecule has 0 spiro atoms. The number of hydrogen-bond acceptors (Lipinski definition) is 3. The fraction of sp³-hybridized carbons (Fsp3) is 0.368. The molecular formula is C19H24N4O2. The number of furan rings is 1. The van der Waals surface area contributed by atoms with E-state index in [1.54, 1.807) is 17.1 Å². The van der Waals surface area contributed by atoms with Gasteiger partial charge in [-0.05, 0) is 51.5 Å². The van der Waals surface area contributed by atoms with Gasteiger partial charge in [0, 0.05) is 30.9 Å². The van der Waals surface area contributed by atoms with Gasteiger partial charge in [0.15, 0.2) is 0 Å². The first-order valence-electron chi connectivity index (χ1n) is 8.48. The van der Waals surface area contributed by atoms with Crippen molar-refractivity contribution in [2.45, 2.75) is 39.7 Å². The van der Waals surface area contributed by atoms with E-state index in [1.807, 2.05) is 52.1 Å². The van der Waals surface area contributed by atoms with Crippen LogP contribution < -0.4 is 5.32 Å². The Morgan fingerprint density at radius 1 is 1.28 bits per heavy atom. The molecule has 1 atom stereocenters. The predicted octanol–water partition coefficient (Wildman–Crippen LogP) is 3.17. The summed E-state index contributed by atoms with van der Waals surface area (Å²) in [6.07, 6.45) is 4.91. The Morgan fingerprint density at radius 3 is 2.64 bits per heavy atom. The van der Waals surface area contributed by atoms with E-state index in [-0.39, 0.29) is 11.9 Å². The summed E-state index contributed by atoms with van der Waals surface area (Å²) in [4.78, 5) is 12.8. The molecule has 1 N–H and O–H groups in total. The lowest BCUT2D eigenvalue weighted by Gasteiger charge is -2.15. The molecule has 0 fully saturated rings. The molecule has 3 rings (SSSR count). The number of carbonyl (C=O) groups is 1. The summed E-state index contributed by atoms with van der Waals surface area (Å²) in [5.74, 6) is 1.61. The minimum Gasteiger partial charge on any atom is -0.469 e. The molecule has 6 nitrogen and oxygen atoms in total. The summed E-state index contributed by atoms with van der Waals surface area (Å²) in [7, 11) is 1.85. The molecule has 0 aromatic carbocycles. The first-order valence-corrected chi connectivity index (χ1v) is 8.48. The number of carbonyl (C=O) groups excluding carboxylic acids is 1. The molecule has 0 radical (unpaired) electrons. The van der Waals surface area contributed by atoms with E-state index in [1.165, 1.54) is 0 Å². The van der Waals surface area contributed by atoms with Gasteiger partial charge < -0.3 is 14.3 Å². The van der Waals surface area contributed by atoms with E-state index >= 15 is 0 Å². The first kappa shape index (κ1) is 17.1. The maximum Gasteiger partial charge on any atom is 0.256 e. The number of aryl methyl sites for hydroxylation is 4. The standard InChI is InChI=1S/C19H24N4O2/c1-13(7-10-16-6-5-11-25-16)21-18(24)17-12-20-22(4)19(17)23-14(2)8-9-15(23)3/h5-6,8-9,11-13H,7,10H2,1-4H3,(H,21,24)/t13-/m1/s1. The van der Waals surface area contributed by atoms with E-state index < -0.39 is 0 Å². The minimum absolute atomic E-state index is 0.0394. The molecule has 132 valence electrons.